The molecule has 0 aliphatic carbocycles. The van der Waals surface area contributed by atoms with Crippen molar-refractivity contribution < 1.29 is 19.1 Å². The van der Waals surface area contributed by atoms with Crippen molar-refractivity contribution >= 4 is 23.5 Å². The Kier molecular flexibility index (Phi) is 7.45. The lowest BCUT2D eigenvalue weighted by Gasteiger charge is -2.41. The maximum Gasteiger partial charge on any atom is 0.321 e. The second kappa shape index (κ2) is 10.2. The summed E-state index contributed by atoms with van der Waals surface area (Å²) in [7, 11) is 0. The molecule has 0 saturated carbocycles. The standard InChI is InChI=1S/C25H30N2O4/c1-3-31-23(29)25(15-13-20-9-5-4-6-10-20)14-8-16-27(18-25)24(30)26-22-12-7-11-21(17-22)19(2)28/h4-7,9-12,17H,3,8,13-16,18H2,1-2H3,(H,26,30)/t25-/m0/s1. The topological polar surface area (TPSA) is 75.7 Å². The van der Waals surface area contributed by atoms with Gasteiger partial charge in [0, 0.05) is 24.3 Å². The average molecular weight is 423 g/mol. The van der Waals surface area contributed by atoms with Crippen LogP contribution in [0.2, 0.25) is 0 Å². The van der Waals surface area contributed by atoms with E-state index in [1.54, 1.807) is 36.1 Å². The molecule has 0 bridgehead atoms. The van der Waals surface area contributed by atoms with E-state index in [9.17, 15) is 14.4 Å². The van der Waals surface area contributed by atoms with Gasteiger partial charge in [0.2, 0.25) is 0 Å². The lowest BCUT2D eigenvalue weighted by Crippen LogP contribution is -2.51. The van der Waals surface area contributed by atoms with Crippen LogP contribution in [0.3, 0.4) is 0 Å². The van der Waals surface area contributed by atoms with Crippen LogP contribution in [-0.4, -0.2) is 42.4 Å². The van der Waals surface area contributed by atoms with E-state index in [2.05, 4.69) is 5.32 Å². The van der Waals surface area contributed by atoms with Crippen LogP contribution in [-0.2, 0) is 16.0 Å². The fourth-order valence-electron chi connectivity index (χ4n) is 4.11. The van der Waals surface area contributed by atoms with Gasteiger partial charge >= 0.3 is 12.0 Å². The van der Waals surface area contributed by atoms with Gasteiger partial charge in [-0.1, -0.05) is 42.5 Å². The van der Waals surface area contributed by atoms with E-state index in [0.29, 0.717) is 43.8 Å². The molecule has 3 rings (SSSR count). The number of carbonyl (C=O) groups excluding carboxylic acids is 3. The maximum absolute atomic E-state index is 13.0. The first-order valence-electron chi connectivity index (χ1n) is 10.8. The molecule has 0 aromatic heterocycles. The first-order chi connectivity index (χ1) is 14.9. The minimum absolute atomic E-state index is 0.0590. The van der Waals surface area contributed by atoms with E-state index in [1.807, 2.05) is 30.3 Å². The number of esters is 1. The summed E-state index contributed by atoms with van der Waals surface area (Å²) in [6, 6.07) is 16.7. The number of aryl methyl sites for hydroxylation is 1. The summed E-state index contributed by atoms with van der Waals surface area (Å²) >= 11 is 0. The van der Waals surface area contributed by atoms with E-state index in [1.165, 1.54) is 6.92 Å². The van der Waals surface area contributed by atoms with Crippen molar-refractivity contribution in [1.29, 1.82) is 0 Å². The molecule has 2 aromatic carbocycles. The SMILES string of the molecule is CCOC(=O)[C@]1(CCc2ccccc2)CCCN(C(=O)Nc2cccc(C(C)=O)c2)C1. The quantitative estimate of drug-likeness (QED) is 0.518. The van der Waals surface area contributed by atoms with Crippen molar-refractivity contribution in [3.05, 3.63) is 65.7 Å². The number of benzene rings is 2. The summed E-state index contributed by atoms with van der Waals surface area (Å²) in [6.45, 7) is 4.50. The highest BCUT2D eigenvalue weighted by Crippen LogP contribution is 2.36. The van der Waals surface area contributed by atoms with E-state index >= 15 is 0 Å². The maximum atomic E-state index is 13.0. The number of hydrogen-bond acceptors (Lipinski definition) is 4. The van der Waals surface area contributed by atoms with Gasteiger partial charge < -0.3 is 15.0 Å². The zero-order valence-electron chi connectivity index (χ0n) is 18.2. The Morgan fingerprint density at radius 1 is 1.10 bits per heavy atom. The molecular formula is C25H30N2O4. The largest absolute Gasteiger partial charge is 0.466 e. The summed E-state index contributed by atoms with van der Waals surface area (Å²) in [6.07, 6.45) is 2.80. The third-order valence-corrected chi connectivity index (χ3v) is 5.83. The Morgan fingerprint density at radius 3 is 2.58 bits per heavy atom. The van der Waals surface area contributed by atoms with Crippen LogP contribution in [0.25, 0.3) is 0 Å². The van der Waals surface area contributed by atoms with Gasteiger partial charge in [-0.25, -0.2) is 4.79 Å². The molecule has 2 amide bonds. The summed E-state index contributed by atoms with van der Waals surface area (Å²) in [5.74, 6) is -0.293. The molecule has 1 saturated heterocycles. The Bertz CT molecular complexity index is 928. The molecule has 1 atom stereocenters. The summed E-state index contributed by atoms with van der Waals surface area (Å²) in [4.78, 5) is 39.2. The van der Waals surface area contributed by atoms with Crippen molar-refractivity contribution in [1.82, 2.24) is 4.90 Å². The number of urea groups is 1. The smallest absolute Gasteiger partial charge is 0.321 e. The molecular weight excluding hydrogens is 392 g/mol. The summed E-state index contributed by atoms with van der Waals surface area (Å²) < 4.78 is 5.43. The van der Waals surface area contributed by atoms with Crippen molar-refractivity contribution in [3.63, 3.8) is 0 Å². The lowest BCUT2D eigenvalue weighted by atomic mass is 9.75. The fourth-order valence-corrected chi connectivity index (χ4v) is 4.11. The molecule has 0 spiro atoms. The monoisotopic (exact) mass is 422 g/mol. The highest BCUT2D eigenvalue weighted by atomic mass is 16.5. The van der Waals surface area contributed by atoms with Crippen molar-refractivity contribution in [2.45, 2.75) is 39.5 Å². The van der Waals surface area contributed by atoms with Crippen LogP contribution in [0.15, 0.2) is 54.6 Å². The molecule has 1 heterocycles. The summed E-state index contributed by atoms with van der Waals surface area (Å²) in [5, 5.41) is 2.87. The van der Waals surface area contributed by atoms with Crippen LogP contribution in [0.1, 0.15) is 49.0 Å². The Hall–Kier alpha value is -3.15. The number of rotatable bonds is 7. The van der Waals surface area contributed by atoms with Gasteiger partial charge in [-0.2, -0.15) is 0 Å². The van der Waals surface area contributed by atoms with Crippen LogP contribution in [0, 0.1) is 5.41 Å². The zero-order valence-corrected chi connectivity index (χ0v) is 18.2. The van der Waals surface area contributed by atoms with Crippen molar-refractivity contribution in [2.24, 2.45) is 5.41 Å². The molecule has 6 heteroatoms. The highest BCUT2D eigenvalue weighted by Gasteiger charge is 2.44. The second-order valence-electron chi connectivity index (χ2n) is 8.08. The van der Waals surface area contributed by atoms with Gasteiger partial charge in [-0.05, 0) is 57.2 Å². The number of hydrogen-bond donors (Lipinski definition) is 1. The van der Waals surface area contributed by atoms with Crippen molar-refractivity contribution in [2.75, 3.05) is 25.0 Å². The first kappa shape index (κ1) is 22.5. The summed E-state index contributed by atoms with van der Waals surface area (Å²) in [5.41, 5.74) is 1.55. The number of ether oxygens (including phenoxy) is 1. The van der Waals surface area contributed by atoms with Gasteiger partial charge in [0.05, 0.1) is 12.0 Å². The van der Waals surface area contributed by atoms with E-state index in [-0.39, 0.29) is 17.8 Å². The molecule has 1 fully saturated rings. The third kappa shape index (κ3) is 5.72. The van der Waals surface area contributed by atoms with Gasteiger partial charge in [0.25, 0.3) is 0 Å². The zero-order chi connectivity index (χ0) is 22.3. The lowest BCUT2D eigenvalue weighted by molar-refractivity contribution is -0.158. The third-order valence-electron chi connectivity index (χ3n) is 5.83. The molecule has 1 aliphatic heterocycles. The number of likely N-dealkylation sites (tertiary alicyclic amines) is 1. The van der Waals surface area contributed by atoms with Crippen LogP contribution in [0.5, 0.6) is 0 Å². The fraction of sp³-hybridized carbons (Fsp3) is 0.400. The number of carbonyl (C=O) groups is 3. The first-order valence-corrected chi connectivity index (χ1v) is 10.8. The second-order valence-corrected chi connectivity index (χ2v) is 8.08. The number of nitrogens with one attached hydrogen (secondary N) is 1. The number of ketones is 1. The Labute approximate surface area is 183 Å². The van der Waals surface area contributed by atoms with Crippen LogP contribution in [0.4, 0.5) is 10.5 Å². The number of nitrogens with zero attached hydrogens (tertiary/aromatic N) is 1. The van der Waals surface area contributed by atoms with E-state index < -0.39 is 5.41 Å². The van der Waals surface area contributed by atoms with Crippen LogP contribution >= 0.6 is 0 Å². The molecule has 1 N–H and O–H groups in total. The predicted molar refractivity (Wildman–Crippen MR) is 120 cm³/mol. The number of piperidine rings is 1. The van der Waals surface area contributed by atoms with E-state index in [4.69, 9.17) is 4.74 Å². The van der Waals surface area contributed by atoms with Gasteiger partial charge in [-0.15, -0.1) is 0 Å². The van der Waals surface area contributed by atoms with Gasteiger partial charge in [0.15, 0.2) is 5.78 Å². The van der Waals surface area contributed by atoms with Crippen molar-refractivity contribution in [3.8, 4) is 0 Å². The number of anilines is 1. The molecule has 0 unspecified atom stereocenters. The minimum atomic E-state index is -0.720. The highest BCUT2D eigenvalue weighted by molar-refractivity contribution is 5.96. The molecule has 1 aliphatic rings. The molecule has 6 nitrogen and oxygen atoms in total. The van der Waals surface area contributed by atoms with Gasteiger partial charge in [0.1, 0.15) is 0 Å². The van der Waals surface area contributed by atoms with E-state index in [0.717, 1.165) is 18.4 Å². The minimum Gasteiger partial charge on any atom is -0.466 e. The molecule has 164 valence electrons. The molecule has 31 heavy (non-hydrogen) atoms. The Morgan fingerprint density at radius 2 is 1.87 bits per heavy atom. The normalized spacial score (nSPS) is 18.3. The Balaban J connectivity index is 1.74. The van der Waals surface area contributed by atoms with Crippen LogP contribution < -0.4 is 5.32 Å². The molecule has 2 aromatic rings. The average Bonchev–Trinajstić information content (AvgIpc) is 2.79. The number of amides is 2. The number of Topliss-reactive ketones (excluding diaryl/α,β-unsaturated/α-hetero) is 1. The van der Waals surface area contributed by atoms with Gasteiger partial charge in [-0.3, -0.25) is 9.59 Å². The predicted octanol–water partition coefficient (Wildman–Crippen LogP) is 4.70. The molecule has 0 radical (unpaired) electrons.